The monoisotopic (exact) mass is 290 g/mol. The van der Waals surface area contributed by atoms with Gasteiger partial charge in [0.2, 0.25) is 0 Å². The fraction of sp³-hybridized carbons (Fsp3) is 0.214. The third-order valence-electron chi connectivity index (χ3n) is 2.72. The normalized spacial score (nSPS) is 10.3. The van der Waals surface area contributed by atoms with Crippen molar-refractivity contribution >= 4 is 21.6 Å². The largest absolute Gasteiger partial charge is 0.381 e. The van der Waals surface area contributed by atoms with E-state index in [9.17, 15) is 0 Å². The lowest BCUT2D eigenvalue weighted by Crippen LogP contribution is -2.01. The Balaban J connectivity index is 2.07. The lowest BCUT2D eigenvalue weighted by Gasteiger charge is -2.10. The minimum Gasteiger partial charge on any atom is -0.381 e. The summed E-state index contributed by atoms with van der Waals surface area (Å²) in [6.45, 7) is 4.89. The van der Waals surface area contributed by atoms with Crippen LogP contribution in [0.2, 0.25) is 0 Å². The quantitative estimate of drug-likeness (QED) is 0.922. The number of nitrogens with one attached hydrogen (secondary N) is 1. The van der Waals surface area contributed by atoms with Gasteiger partial charge in [0.05, 0.1) is 0 Å². The second-order valence-corrected chi connectivity index (χ2v) is 4.93. The number of benzene rings is 1. The number of nitrogens with zero attached hydrogens (tertiary/aromatic N) is 1. The van der Waals surface area contributed by atoms with Gasteiger partial charge in [-0.3, -0.25) is 4.98 Å². The molecule has 2 nitrogen and oxygen atoms in total. The van der Waals surface area contributed by atoms with Gasteiger partial charge in [0.25, 0.3) is 0 Å². The van der Waals surface area contributed by atoms with E-state index in [1.165, 1.54) is 11.1 Å². The molecule has 88 valence electrons. The van der Waals surface area contributed by atoms with E-state index in [0.29, 0.717) is 0 Å². The van der Waals surface area contributed by atoms with Crippen LogP contribution in [0.4, 0.5) is 5.69 Å². The second kappa shape index (κ2) is 5.32. The van der Waals surface area contributed by atoms with Crippen molar-refractivity contribution in [2.75, 3.05) is 5.32 Å². The van der Waals surface area contributed by atoms with Crippen LogP contribution in [0.1, 0.15) is 16.8 Å². The van der Waals surface area contributed by atoms with Gasteiger partial charge in [0.15, 0.2) is 0 Å². The summed E-state index contributed by atoms with van der Waals surface area (Å²) < 4.78 is 1.13. The van der Waals surface area contributed by atoms with E-state index >= 15 is 0 Å². The predicted octanol–water partition coefficient (Wildman–Crippen LogP) is 4.07. The molecular formula is C14H15BrN2. The molecule has 1 aromatic heterocycles. The SMILES string of the molecule is Cc1ccc(CNc2cccc(Br)c2C)cn1. The van der Waals surface area contributed by atoms with Crippen LogP contribution in [0.15, 0.2) is 41.0 Å². The molecular weight excluding hydrogens is 276 g/mol. The Morgan fingerprint density at radius 3 is 2.71 bits per heavy atom. The average Bonchev–Trinajstić information content (AvgIpc) is 2.33. The number of pyridine rings is 1. The Morgan fingerprint density at radius 1 is 1.18 bits per heavy atom. The molecule has 0 unspecified atom stereocenters. The van der Waals surface area contributed by atoms with Crippen molar-refractivity contribution in [3.05, 3.63) is 57.8 Å². The molecule has 0 fully saturated rings. The fourth-order valence-corrected chi connectivity index (χ4v) is 1.97. The molecule has 0 bridgehead atoms. The van der Waals surface area contributed by atoms with Gasteiger partial charge in [-0.05, 0) is 43.2 Å². The summed E-state index contributed by atoms with van der Waals surface area (Å²) in [7, 11) is 0. The van der Waals surface area contributed by atoms with Crippen molar-refractivity contribution in [2.45, 2.75) is 20.4 Å². The minimum absolute atomic E-state index is 0.796. The molecule has 0 aliphatic heterocycles. The number of hydrogen-bond acceptors (Lipinski definition) is 2. The van der Waals surface area contributed by atoms with Gasteiger partial charge < -0.3 is 5.32 Å². The molecule has 0 aliphatic rings. The molecule has 0 spiro atoms. The van der Waals surface area contributed by atoms with E-state index in [2.05, 4.69) is 45.3 Å². The number of anilines is 1. The van der Waals surface area contributed by atoms with Crippen molar-refractivity contribution in [1.29, 1.82) is 0 Å². The highest BCUT2D eigenvalue weighted by molar-refractivity contribution is 9.10. The summed E-state index contributed by atoms with van der Waals surface area (Å²) in [6, 6.07) is 10.3. The van der Waals surface area contributed by atoms with E-state index in [1.54, 1.807) is 0 Å². The van der Waals surface area contributed by atoms with Crippen LogP contribution in [0.25, 0.3) is 0 Å². The van der Waals surface area contributed by atoms with Crippen molar-refractivity contribution in [2.24, 2.45) is 0 Å². The Morgan fingerprint density at radius 2 is 2.00 bits per heavy atom. The zero-order valence-electron chi connectivity index (χ0n) is 10.00. The van der Waals surface area contributed by atoms with Crippen molar-refractivity contribution < 1.29 is 0 Å². The van der Waals surface area contributed by atoms with Crippen LogP contribution in [-0.4, -0.2) is 4.98 Å². The fourth-order valence-electron chi connectivity index (χ4n) is 1.60. The number of halogens is 1. The molecule has 0 radical (unpaired) electrons. The van der Waals surface area contributed by atoms with Crippen molar-refractivity contribution in [3.63, 3.8) is 0 Å². The van der Waals surface area contributed by atoms with Crippen LogP contribution in [0.5, 0.6) is 0 Å². The summed E-state index contributed by atoms with van der Waals surface area (Å²) in [6.07, 6.45) is 1.91. The molecule has 1 heterocycles. The maximum Gasteiger partial charge on any atom is 0.0416 e. The van der Waals surface area contributed by atoms with E-state index in [1.807, 2.05) is 31.3 Å². The van der Waals surface area contributed by atoms with Crippen LogP contribution in [0, 0.1) is 13.8 Å². The Labute approximate surface area is 110 Å². The molecule has 17 heavy (non-hydrogen) atoms. The second-order valence-electron chi connectivity index (χ2n) is 4.07. The first-order chi connectivity index (χ1) is 8.16. The van der Waals surface area contributed by atoms with Crippen LogP contribution < -0.4 is 5.32 Å². The molecule has 0 saturated heterocycles. The van der Waals surface area contributed by atoms with Gasteiger partial charge >= 0.3 is 0 Å². The van der Waals surface area contributed by atoms with Gasteiger partial charge in [-0.15, -0.1) is 0 Å². The molecule has 0 aliphatic carbocycles. The summed E-state index contributed by atoms with van der Waals surface area (Å²) in [5.41, 5.74) is 4.62. The van der Waals surface area contributed by atoms with Crippen molar-refractivity contribution in [3.8, 4) is 0 Å². The Kier molecular flexibility index (Phi) is 3.79. The van der Waals surface area contributed by atoms with Gasteiger partial charge in [0, 0.05) is 28.6 Å². The zero-order chi connectivity index (χ0) is 12.3. The van der Waals surface area contributed by atoms with Crippen molar-refractivity contribution in [1.82, 2.24) is 4.98 Å². The first-order valence-corrected chi connectivity index (χ1v) is 6.36. The van der Waals surface area contributed by atoms with Gasteiger partial charge in [-0.2, -0.15) is 0 Å². The molecule has 3 heteroatoms. The highest BCUT2D eigenvalue weighted by atomic mass is 79.9. The smallest absolute Gasteiger partial charge is 0.0416 e. The molecule has 2 aromatic rings. The minimum atomic E-state index is 0.796. The van der Waals surface area contributed by atoms with Crippen LogP contribution >= 0.6 is 15.9 Å². The zero-order valence-corrected chi connectivity index (χ0v) is 11.6. The van der Waals surface area contributed by atoms with E-state index in [-0.39, 0.29) is 0 Å². The first-order valence-electron chi connectivity index (χ1n) is 5.57. The Hall–Kier alpha value is -1.35. The molecule has 2 rings (SSSR count). The van der Waals surface area contributed by atoms with Gasteiger partial charge in [-0.1, -0.05) is 28.1 Å². The first kappa shape index (κ1) is 12.1. The van der Waals surface area contributed by atoms with E-state index in [4.69, 9.17) is 0 Å². The van der Waals surface area contributed by atoms with Gasteiger partial charge in [0.1, 0.15) is 0 Å². The molecule has 0 amide bonds. The van der Waals surface area contributed by atoms with Crippen LogP contribution in [-0.2, 0) is 6.54 Å². The number of hydrogen-bond donors (Lipinski definition) is 1. The lowest BCUT2D eigenvalue weighted by molar-refractivity contribution is 1.08. The highest BCUT2D eigenvalue weighted by Crippen LogP contribution is 2.23. The predicted molar refractivity (Wildman–Crippen MR) is 75.2 cm³/mol. The molecule has 1 aromatic carbocycles. The van der Waals surface area contributed by atoms with E-state index in [0.717, 1.165) is 22.4 Å². The lowest BCUT2D eigenvalue weighted by atomic mass is 10.2. The molecule has 0 saturated carbocycles. The summed E-state index contributed by atoms with van der Waals surface area (Å²) in [5.74, 6) is 0. The standard InChI is InChI=1S/C14H15BrN2/c1-10-6-7-12(8-16-10)9-17-14-5-3-4-13(15)11(14)2/h3-8,17H,9H2,1-2H3. The maximum absolute atomic E-state index is 4.28. The number of aryl methyl sites for hydroxylation is 1. The third kappa shape index (κ3) is 3.07. The average molecular weight is 291 g/mol. The van der Waals surface area contributed by atoms with Gasteiger partial charge in [-0.25, -0.2) is 0 Å². The van der Waals surface area contributed by atoms with E-state index < -0.39 is 0 Å². The molecule has 0 atom stereocenters. The number of rotatable bonds is 3. The summed E-state index contributed by atoms with van der Waals surface area (Å²) >= 11 is 3.53. The molecule has 1 N–H and O–H groups in total. The topological polar surface area (TPSA) is 24.9 Å². The number of aromatic nitrogens is 1. The summed E-state index contributed by atoms with van der Waals surface area (Å²) in [4.78, 5) is 4.28. The highest BCUT2D eigenvalue weighted by Gasteiger charge is 2.01. The van der Waals surface area contributed by atoms with Crippen LogP contribution in [0.3, 0.4) is 0 Å². The summed E-state index contributed by atoms with van der Waals surface area (Å²) in [5, 5.41) is 3.42. The maximum atomic E-state index is 4.28. The Bertz CT molecular complexity index is 506. The third-order valence-corrected chi connectivity index (χ3v) is 3.58.